The molecule has 2 N–H and O–H groups in total. The number of phenolic OH excluding ortho intramolecular Hbond substituents is 2. The van der Waals surface area contributed by atoms with Gasteiger partial charge in [0.15, 0.2) is 0 Å². The zero-order valence-corrected chi connectivity index (χ0v) is 13.4. The minimum absolute atomic E-state index is 0.133. The summed E-state index contributed by atoms with van der Waals surface area (Å²) in [4.78, 5) is 22.7. The highest BCUT2D eigenvalue weighted by molar-refractivity contribution is 5.79. The first kappa shape index (κ1) is 17.4. The Balaban J connectivity index is 2.32. The molecule has 2 rings (SSSR count). The minimum Gasteiger partial charge on any atom is -0.508 e. The van der Waals surface area contributed by atoms with Gasteiger partial charge < -0.3 is 24.1 Å². The quantitative estimate of drug-likeness (QED) is 0.780. The summed E-state index contributed by atoms with van der Waals surface area (Å²) in [5.41, 5.74) is 0.663. The number of benzene rings is 1. The monoisotopic (exact) mass is 334 g/mol. The van der Waals surface area contributed by atoms with E-state index in [1.165, 1.54) is 20.3 Å². The van der Waals surface area contributed by atoms with Gasteiger partial charge in [0, 0.05) is 12.5 Å². The van der Waals surface area contributed by atoms with E-state index >= 15 is 0 Å². The Hall–Kier alpha value is -2.96. The first-order valence-corrected chi connectivity index (χ1v) is 7.22. The Kier molecular flexibility index (Phi) is 5.47. The molecule has 24 heavy (non-hydrogen) atoms. The summed E-state index contributed by atoms with van der Waals surface area (Å²) in [6, 6.07) is 5.82. The smallest absolute Gasteiger partial charge is 0.310 e. The highest BCUT2D eigenvalue weighted by Gasteiger charge is 2.18. The average molecular weight is 334 g/mol. The van der Waals surface area contributed by atoms with Gasteiger partial charge in [-0.1, -0.05) is 0 Å². The number of carbonyl (C=O) groups excluding carboxylic acids is 2. The molecule has 128 valence electrons. The van der Waals surface area contributed by atoms with Gasteiger partial charge >= 0.3 is 11.9 Å². The fraction of sp³-hybridized carbons (Fsp3) is 0.294. The van der Waals surface area contributed by atoms with Crippen molar-refractivity contribution in [2.45, 2.75) is 19.3 Å². The van der Waals surface area contributed by atoms with Crippen LogP contribution in [0.1, 0.15) is 17.7 Å². The van der Waals surface area contributed by atoms with Crippen LogP contribution in [-0.4, -0.2) is 36.4 Å². The first-order chi connectivity index (χ1) is 11.4. The molecule has 1 aromatic carbocycles. The van der Waals surface area contributed by atoms with Crippen LogP contribution in [0, 0.1) is 0 Å². The molecule has 0 saturated carbocycles. The van der Waals surface area contributed by atoms with Crippen molar-refractivity contribution in [3.63, 3.8) is 0 Å². The number of rotatable bonds is 6. The number of aromatic hydroxyl groups is 2. The van der Waals surface area contributed by atoms with Crippen molar-refractivity contribution in [1.29, 1.82) is 0 Å². The normalized spacial score (nSPS) is 10.4. The second-order valence-corrected chi connectivity index (χ2v) is 5.09. The van der Waals surface area contributed by atoms with Gasteiger partial charge in [0.25, 0.3) is 0 Å². The van der Waals surface area contributed by atoms with Crippen LogP contribution in [0.2, 0.25) is 0 Å². The molecule has 7 nitrogen and oxygen atoms in total. The third kappa shape index (κ3) is 4.07. The van der Waals surface area contributed by atoms with Crippen molar-refractivity contribution < 1.29 is 33.7 Å². The Morgan fingerprint density at radius 2 is 1.79 bits per heavy atom. The van der Waals surface area contributed by atoms with Crippen LogP contribution in [-0.2, 0) is 31.9 Å². The van der Waals surface area contributed by atoms with Gasteiger partial charge in [-0.05, 0) is 23.8 Å². The van der Waals surface area contributed by atoms with Gasteiger partial charge in [-0.15, -0.1) is 0 Å². The molecule has 0 aliphatic rings. The maximum atomic E-state index is 11.5. The van der Waals surface area contributed by atoms with E-state index < -0.39 is 5.97 Å². The second-order valence-electron chi connectivity index (χ2n) is 5.09. The fourth-order valence-electron chi connectivity index (χ4n) is 2.29. The molecule has 0 unspecified atom stereocenters. The van der Waals surface area contributed by atoms with E-state index in [0.29, 0.717) is 29.1 Å². The molecule has 0 atom stereocenters. The van der Waals surface area contributed by atoms with Crippen molar-refractivity contribution >= 4 is 11.9 Å². The molecule has 0 spiro atoms. The van der Waals surface area contributed by atoms with Gasteiger partial charge in [0.05, 0.1) is 32.6 Å². The van der Waals surface area contributed by atoms with Gasteiger partial charge in [-0.25, -0.2) is 0 Å². The Morgan fingerprint density at radius 1 is 1.08 bits per heavy atom. The summed E-state index contributed by atoms with van der Waals surface area (Å²) >= 11 is 0. The van der Waals surface area contributed by atoms with E-state index in [2.05, 4.69) is 9.47 Å². The zero-order valence-electron chi connectivity index (χ0n) is 13.4. The molecular weight excluding hydrogens is 316 g/mol. The van der Waals surface area contributed by atoms with Crippen molar-refractivity contribution in [3.8, 4) is 22.8 Å². The summed E-state index contributed by atoms with van der Waals surface area (Å²) in [6.07, 6.45) is 0.379. The molecule has 1 heterocycles. The molecule has 7 heteroatoms. The number of hydrogen-bond acceptors (Lipinski definition) is 7. The van der Waals surface area contributed by atoms with Gasteiger partial charge in [-0.2, -0.15) is 0 Å². The Morgan fingerprint density at radius 3 is 2.46 bits per heavy atom. The van der Waals surface area contributed by atoms with Crippen LogP contribution >= 0.6 is 0 Å². The van der Waals surface area contributed by atoms with E-state index in [9.17, 15) is 19.8 Å². The van der Waals surface area contributed by atoms with Crippen LogP contribution in [0.25, 0.3) is 11.3 Å². The topological polar surface area (TPSA) is 106 Å². The molecule has 0 bridgehead atoms. The van der Waals surface area contributed by atoms with Crippen LogP contribution < -0.4 is 0 Å². The largest absolute Gasteiger partial charge is 0.508 e. The van der Waals surface area contributed by atoms with Crippen LogP contribution in [0.4, 0.5) is 0 Å². The van der Waals surface area contributed by atoms with Crippen LogP contribution in [0.5, 0.6) is 11.5 Å². The maximum absolute atomic E-state index is 11.5. The molecular formula is C17H18O7. The van der Waals surface area contributed by atoms with Gasteiger partial charge in [0.2, 0.25) is 0 Å². The molecule has 0 amide bonds. The SMILES string of the molecule is COC(=O)CCc1ccc(-c2c(O)cc(O)cc2CC(=O)OC)o1. The molecule has 0 aliphatic heterocycles. The summed E-state index contributed by atoms with van der Waals surface area (Å²) in [5, 5.41) is 19.8. The van der Waals surface area contributed by atoms with E-state index in [4.69, 9.17) is 4.42 Å². The fourth-order valence-corrected chi connectivity index (χ4v) is 2.29. The number of esters is 2. The lowest BCUT2D eigenvalue weighted by molar-refractivity contribution is -0.141. The Bertz CT molecular complexity index is 745. The van der Waals surface area contributed by atoms with Crippen molar-refractivity contribution in [2.75, 3.05) is 14.2 Å². The third-order valence-electron chi connectivity index (χ3n) is 3.46. The van der Waals surface area contributed by atoms with Crippen LogP contribution in [0.3, 0.4) is 0 Å². The highest BCUT2D eigenvalue weighted by Crippen LogP contribution is 2.37. The summed E-state index contributed by atoms with van der Waals surface area (Å²) in [6.45, 7) is 0. The number of hydrogen-bond donors (Lipinski definition) is 2. The molecule has 2 aromatic rings. The van der Waals surface area contributed by atoms with E-state index in [1.807, 2.05) is 0 Å². The van der Waals surface area contributed by atoms with Gasteiger partial charge in [-0.3, -0.25) is 9.59 Å². The number of carbonyl (C=O) groups is 2. The molecule has 0 aliphatic carbocycles. The van der Waals surface area contributed by atoms with Crippen LogP contribution in [0.15, 0.2) is 28.7 Å². The van der Waals surface area contributed by atoms with Gasteiger partial charge in [0.1, 0.15) is 23.0 Å². The predicted octanol–water partition coefficient (Wildman–Crippen LogP) is 2.18. The zero-order chi connectivity index (χ0) is 17.7. The van der Waals surface area contributed by atoms with Crippen molar-refractivity contribution in [2.24, 2.45) is 0 Å². The number of aryl methyl sites for hydroxylation is 1. The summed E-state index contributed by atoms with van der Waals surface area (Å²) in [7, 11) is 2.56. The molecule has 1 aromatic heterocycles. The number of ether oxygens (including phenoxy) is 2. The lowest BCUT2D eigenvalue weighted by atomic mass is 10.0. The molecule has 0 saturated heterocycles. The summed E-state index contributed by atoms with van der Waals surface area (Å²) < 4.78 is 14.8. The van der Waals surface area contributed by atoms with Crippen molar-refractivity contribution in [1.82, 2.24) is 0 Å². The van der Waals surface area contributed by atoms with E-state index in [1.54, 1.807) is 12.1 Å². The minimum atomic E-state index is -0.515. The van der Waals surface area contributed by atoms with E-state index in [-0.39, 0.29) is 30.3 Å². The number of methoxy groups -OCH3 is 2. The first-order valence-electron chi connectivity index (χ1n) is 7.22. The highest BCUT2D eigenvalue weighted by atomic mass is 16.5. The molecule has 0 radical (unpaired) electrons. The predicted molar refractivity (Wildman–Crippen MR) is 83.5 cm³/mol. The molecule has 0 fully saturated rings. The average Bonchev–Trinajstić information content (AvgIpc) is 3.00. The number of furan rings is 1. The summed E-state index contributed by atoms with van der Waals surface area (Å²) in [5.74, 6) is -0.404. The second kappa shape index (κ2) is 7.54. The lowest BCUT2D eigenvalue weighted by Gasteiger charge is -2.10. The van der Waals surface area contributed by atoms with E-state index in [0.717, 1.165) is 6.07 Å². The Labute approximate surface area is 138 Å². The maximum Gasteiger partial charge on any atom is 0.310 e. The number of phenols is 2. The lowest BCUT2D eigenvalue weighted by Crippen LogP contribution is -2.05. The standard InChI is InChI=1S/C17H18O7/c1-22-15(20)6-4-12-3-5-14(24-12)17-10(8-16(21)23-2)7-11(18)9-13(17)19/h3,5,7,9,18-19H,4,6,8H2,1-2H3. The van der Waals surface area contributed by atoms with Crippen molar-refractivity contribution in [3.05, 3.63) is 35.6 Å². The third-order valence-corrected chi connectivity index (χ3v) is 3.46.